The van der Waals surface area contributed by atoms with Crippen LogP contribution >= 0.6 is 33.9 Å². The largest absolute Gasteiger partial charge is 0.268 e. The first-order chi connectivity index (χ1) is 8.34. The molecule has 1 N–H and O–H groups in total. The summed E-state index contributed by atoms with van der Waals surface area (Å²) in [7, 11) is -3.54. The molecule has 7 heteroatoms. The molecule has 0 aliphatic carbocycles. The van der Waals surface area contributed by atoms with Gasteiger partial charge in [0.2, 0.25) is 10.0 Å². The van der Waals surface area contributed by atoms with Gasteiger partial charge in [-0.25, -0.2) is 13.1 Å². The zero-order valence-corrected chi connectivity index (χ0v) is 14.1. The summed E-state index contributed by atoms with van der Waals surface area (Å²) in [5.74, 6) is -0.492. The smallest absolute Gasteiger partial charge is 0.265 e. The number of sulfonamides is 1. The van der Waals surface area contributed by atoms with Gasteiger partial charge in [0.1, 0.15) is 0 Å². The SMILES string of the molecule is CCCC(C)CS(=O)(=O)NC(=O)c1csc(I)c1. The maximum atomic E-state index is 11.8. The minimum absolute atomic E-state index is 0.00614. The van der Waals surface area contributed by atoms with E-state index < -0.39 is 15.9 Å². The van der Waals surface area contributed by atoms with Crippen molar-refractivity contribution in [3.8, 4) is 0 Å². The molecule has 1 unspecified atom stereocenters. The van der Waals surface area contributed by atoms with Gasteiger partial charge in [0.25, 0.3) is 5.91 Å². The second kappa shape index (κ2) is 6.85. The fourth-order valence-corrected chi connectivity index (χ4v) is 4.35. The Kier molecular flexibility index (Phi) is 6.06. The van der Waals surface area contributed by atoms with Gasteiger partial charge in [-0.15, -0.1) is 11.3 Å². The Balaban J connectivity index is 2.63. The van der Waals surface area contributed by atoms with Gasteiger partial charge in [0.15, 0.2) is 0 Å². The number of hydrogen-bond acceptors (Lipinski definition) is 4. The lowest BCUT2D eigenvalue weighted by Crippen LogP contribution is -2.34. The Hall–Kier alpha value is -0.150. The van der Waals surface area contributed by atoms with Gasteiger partial charge in [-0.3, -0.25) is 4.79 Å². The molecule has 1 heterocycles. The molecule has 0 bridgehead atoms. The van der Waals surface area contributed by atoms with Crippen LogP contribution in [0, 0.1) is 8.80 Å². The molecule has 0 spiro atoms. The van der Waals surface area contributed by atoms with Crippen LogP contribution in [0.4, 0.5) is 0 Å². The number of nitrogens with one attached hydrogen (secondary N) is 1. The highest BCUT2D eigenvalue weighted by atomic mass is 127. The van der Waals surface area contributed by atoms with E-state index in [4.69, 9.17) is 0 Å². The molecular formula is C11H16INO3S2. The van der Waals surface area contributed by atoms with E-state index in [1.807, 2.05) is 13.8 Å². The summed E-state index contributed by atoms with van der Waals surface area (Å²) in [6.07, 6.45) is 1.78. The van der Waals surface area contributed by atoms with Gasteiger partial charge in [-0.1, -0.05) is 20.3 Å². The van der Waals surface area contributed by atoms with Crippen LogP contribution in [0.25, 0.3) is 0 Å². The molecule has 0 aromatic carbocycles. The van der Waals surface area contributed by atoms with Crippen molar-refractivity contribution in [1.29, 1.82) is 0 Å². The van der Waals surface area contributed by atoms with Gasteiger partial charge in [-0.2, -0.15) is 0 Å². The highest BCUT2D eigenvalue weighted by molar-refractivity contribution is 14.1. The first-order valence-corrected chi connectivity index (χ1v) is 9.24. The van der Waals surface area contributed by atoms with Crippen LogP contribution in [-0.2, 0) is 10.0 Å². The lowest BCUT2D eigenvalue weighted by atomic mass is 10.1. The van der Waals surface area contributed by atoms with Gasteiger partial charge in [-0.05, 0) is 41.0 Å². The molecule has 0 radical (unpaired) electrons. The average molecular weight is 401 g/mol. The van der Waals surface area contributed by atoms with Crippen LogP contribution in [0.15, 0.2) is 11.4 Å². The number of amides is 1. The van der Waals surface area contributed by atoms with Crippen LogP contribution in [0.5, 0.6) is 0 Å². The standard InChI is InChI=1S/C11H16INO3S2/c1-3-4-8(2)7-18(15,16)13-11(14)9-5-10(12)17-6-9/h5-6,8H,3-4,7H2,1-2H3,(H,13,14). The summed E-state index contributed by atoms with van der Waals surface area (Å²) in [6.45, 7) is 3.88. The normalized spacial score (nSPS) is 13.3. The second-order valence-corrected chi connectivity index (χ2v) is 8.82. The summed E-state index contributed by atoms with van der Waals surface area (Å²) in [5.41, 5.74) is 0.399. The third-order valence-electron chi connectivity index (χ3n) is 2.36. The lowest BCUT2D eigenvalue weighted by molar-refractivity contribution is 0.0981. The Morgan fingerprint density at radius 3 is 2.72 bits per heavy atom. The molecule has 0 fully saturated rings. The average Bonchev–Trinajstić information content (AvgIpc) is 2.63. The monoisotopic (exact) mass is 401 g/mol. The minimum Gasteiger partial charge on any atom is -0.268 e. The first kappa shape index (κ1) is 15.9. The van der Waals surface area contributed by atoms with E-state index in [1.165, 1.54) is 11.3 Å². The predicted molar refractivity (Wildman–Crippen MR) is 82.4 cm³/mol. The second-order valence-electron chi connectivity index (χ2n) is 4.25. The minimum atomic E-state index is -3.54. The topological polar surface area (TPSA) is 63.2 Å². The van der Waals surface area contributed by atoms with Crippen molar-refractivity contribution in [3.05, 3.63) is 19.9 Å². The van der Waals surface area contributed by atoms with Crippen LogP contribution in [-0.4, -0.2) is 20.1 Å². The zero-order valence-electron chi connectivity index (χ0n) is 10.3. The van der Waals surface area contributed by atoms with Crippen molar-refractivity contribution in [1.82, 2.24) is 4.72 Å². The van der Waals surface area contributed by atoms with E-state index in [0.717, 1.165) is 15.7 Å². The van der Waals surface area contributed by atoms with Crippen molar-refractivity contribution in [3.63, 3.8) is 0 Å². The van der Waals surface area contributed by atoms with Gasteiger partial charge < -0.3 is 0 Å². The molecule has 18 heavy (non-hydrogen) atoms. The lowest BCUT2D eigenvalue weighted by Gasteiger charge is -2.11. The number of hydrogen-bond donors (Lipinski definition) is 1. The molecular weight excluding hydrogens is 385 g/mol. The highest BCUT2D eigenvalue weighted by Crippen LogP contribution is 2.17. The van der Waals surface area contributed by atoms with Crippen LogP contribution < -0.4 is 4.72 Å². The Labute approximate surface area is 125 Å². The molecule has 0 saturated heterocycles. The van der Waals surface area contributed by atoms with E-state index >= 15 is 0 Å². The summed E-state index contributed by atoms with van der Waals surface area (Å²) >= 11 is 3.50. The van der Waals surface area contributed by atoms with E-state index in [2.05, 4.69) is 27.3 Å². The van der Waals surface area contributed by atoms with Crippen molar-refractivity contribution in [2.75, 3.05) is 5.75 Å². The predicted octanol–water partition coefficient (Wildman–Crippen LogP) is 2.85. The number of carbonyl (C=O) groups is 1. The Bertz CT molecular complexity index is 510. The number of carbonyl (C=O) groups excluding carboxylic acids is 1. The molecule has 1 atom stereocenters. The summed E-state index contributed by atoms with van der Waals surface area (Å²) in [5, 5.41) is 1.65. The number of thiophene rings is 1. The molecule has 0 aliphatic rings. The first-order valence-electron chi connectivity index (χ1n) is 5.63. The maximum Gasteiger partial charge on any atom is 0.265 e. The summed E-state index contributed by atoms with van der Waals surface area (Å²) < 4.78 is 26.6. The maximum absolute atomic E-state index is 11.8. The van der Waals surface area contributed by atoms with Crippen molar-refractivity contribution >= 4 is 49.9 Å². The number of rotatable bonds is 6. The molecule has 1 amide bonds. The van der Waals surface area contributed by atoms with Gasteiger partial charge >= 0.3 is 0 Å². The van der Waals surface area contributed by atoms with Crippen LogP contribution in [0.3, 0.4) is 0 Å². The van der Waals surface area contributed by atoms with Crippen LogP contribution in [0.2, 0.25) is 0 Å². The van der Waals surface area contributed by atoms with Gasteiger partial charge in [0, 0.05) is 5.38 Å². The third kappa shape index (κ3) is 5.23. The molecule has 1 aromatic rings. The Morgan fingerprint density at radius 1 is 1.56 bits per heavy atom. The van der Waals surface area contributed by atoms with E-state index in [1.54, 1.807) is 11.4 Å². The molecule has 4 nitrogen and oxygen atoms in total. The zero-order chi connectivity index (χ0) is 13.8. The quantitative estimate of drug-likeness (QED) is 0.746. The molecule has 102 valence electrons. The summed E-state index contributed by atoms with van der Waals surface area (Å²) in [4.78, 5) is 11.7. The molecule has 0 aliphatic heterocycles. The fraction of sp³-hybridized carbons (Fsp3) is 0.545. The van der Waals surface area contributed by atoms with Crippen molar-refractivity contribution in [2.24, 2.45) is 5.92 Å². The van der Waals surface area contributed by atoms with E-state index in [-0.39, 0.29) is 11.7 Å². The fourth-order valence-electron chi connectivity index (χ4n) is 1.62. The Morgan fingerprint density at radius 2 is 2.22 bits per heavy atom. The molecule has 1 aromatic heterocycles. The highest BCUT2D eigenvalue weighted by Gasteiger charge is 2.19. The van der Waals surface area contributed by atoms with Crippen molar-refractivity contribution in [2.45, 2.75) is 26.7 Å². The van der Waals surface area contributed by atoms with Gasteiger partial charge in [0.05, 0.1) is 14.2 Å². The van der Waals surface area contributed by atoms with E-state index in [9.17, 15) is 13.2 Å². The number of halogens is 1. The van der Waals surface area contributed by atoms with Crippen LogP contribution in [0.1, 0.15) is 37.0 Å². The molecule has 0 saturated carbocycles. The third-order valence-corrected chi connectivity index (χ3v) is 5.66. The molecule has 1 rings (SSSR count). The van der Waals surface area contributed by atoms with Crippen molar-refractivity contribution < 1.29 is 13.2 Å². The summed E-state index contributed by atoms with van der Waals surface area (Å²) in [6, 6.07) is 1.67. The van der Waals surface area contributed by atoms with E-state index in [0.29, 0.717) is 5.56 Å².